The Bertz CT molecular complexity index is 1280. The van der Waals surface area contributed by atoms with Crippen molar-refractivity contribution >= 4 is 23.7 Å². The molecule has 170 valence electrons. The summed E-state index contributed by atoms with van der Waals surface area (Å²) in [6.07, 6.45) is 18.0. The number of benzene rings is 1. The lowest BCUT2D eigenvalue weighted by Gasteiger charge is -2.22. The third-order valence-electron chi connectivity index (χ3n) is 6.74. The number of rotatable bonds is 3. The molecule has 0 amide bonds. The lowest BCUT2D eigenvalue weighted by atomic mass is 9.84. The predicted octanol–water partition coefficient (Wildman–Crippen LogP) is 7.36. The highest BCUT2D eigenvalue weighted by Crippen LogP contribution is 2.36. The largest absolute Gasteiger partial charge is 0.256 e. The summed E-state index contributed by atoms with van der Waals surface area (Å²) in [7, 11) is 0. The normalized spacial score (nSPS) is 25.1. The Kier molecular flexibility index (Phi) is 6.31. The van der Waals surface area contributed by atoms with E-state index in [-0.39, 0.29) is 12.2 Å². The van der Waals surface area contributed by atoms with Crippen LogP contribution in [0.25, 0.3) is 11.3 Å². The van der Waals surface area contributed by atoms with E-state index < -0.39 is 6.17 Å². The molecule has 3 nitrogen and oxygen atoms in total. The van der Waals surface area contributed by atoms with Gasteiger partial charge >= 0.3 is 0 Å². The molecule has 0 spiro atoms. The predicted molar refractivity (Wildman–Crippen MR) is 134 cm³/mol. The standard InChI is InChI=1S/C29H25F2N3/c30-24-2-1-3-25(33-18-24)12-19-4-6-20(7-5-19)14-29-27-11-9-22(15-23(27)17-34-29)26-10-8-21(16-32)13-28(26)31/h2-3,8-12,14-15,17-18,20,28H,1,4-7,13H2. The summed E-state index contributed by atoms with van der Waals surface area (Å²) in [5.74, 6) is 0.168. The van der Waals surface area contributed by atoms with Gasteiger partial charge in [0.15, 0.2) is 0 Å². The molecule has 0 saturated heterocycles. The summed E-state index contributed by atoms with van der Waals surface area (Å²) < 4.78 is 27.9. The van der Waals surface area contributed by atoms with Crippen LogP contribution < -0.4 is 0 Å². The molecule has 1 aromatic carbocycles. The molecule has 5 heteroatoms. The van der Waals surface area contributed by atoms with Gasteiger partial charge in [-0.05, 0) is 73.5 Å². The van der Waals surface area contributed by atoms with E-state index in [2.05, 4.69) is 22.1 Å². The van der Waals surface area contributed by atoms with Gasteiger partial charge in [0.2, 0.25) is 0 Å². The highest BCUT2D eigenvalue weighted by Gasteiger charge is 2.23. The quantitative estimate of drug-likeness (QED) is 0.471. The van der Waals surface area contributed by atoms with Crippen molar-refractivity contribution in [1.29, 1.82) is 5.26 Å². The molecule has 1 fully saturated rings. The molecule has 1 unspecified atom stereocenters. The summed E-state index contributed by atoms with van der Waals surface area (Å²) in [6, 6.07) is 8.01. The first kappa shape index (κ1) is 22.2. The minimum Gasteiger partial charge on any atom is -0.256 e. The Morgan fingerprint density at radius 2 is 1.91 bits per heavy atom. The maximum Gasteiger partial charge on any atom is 0.137 e. The zero-order valence-corrected chi connectivity index (χ0v) is 18.8. The zero-order valence-electron chi connectivity index (χ0n) is 18.8. The molecular formula is C29H25F2N3. The van der Waals surface area contributed by atoms with Gasteiger partial charge in [-0.15, -0.1) is 0 Å². The first-order valence-electron chi connectivity index (χ1n) is 11.7. The number of nitrogens with zero attached hydrogens (tertiary/aromatic N) is 3. The van der Waals surface area contributed by atoms with E-state index in [1.165, 1.54) is 17.9 Å². The number of fused-ring (bicyclic) bond motifs is 1. The molecule has 0 N–H and O–H groups in total. The van der Waals surface area contributed by atoms with Gasteiger partial charge in [0.1, 0.15) is 12.0 Å². The van der Waals surface area contributed by atoms with Crippen molar-refractivity contribution in [1.82, 2.24) is 0 Å². The molecule has 0 bridgehead atoms. The number of halogens is 2. The molecule has 34 heavy (non-hydrogen) atoms. The van der Waals surface area contributed by atoms with Crippen molar-refractivity contribution < 1.29 is 8.78 Å². The van der Waals surface area contributed by atoms with Gasteiger partial charge in [-0.25, -0.2) is 8.78 Å². The van der Waals surface area contributed by atoms with Crippen molar-refractivity contribution in [2.75, 3.05) is 0 Å². The van der Waals surface area contributed by atoms with Gasteiger partial charge in [0.05, 0.1) is 23.7 Å². The average molecular weight is 454 g/mol. The smallest absolute Gasteiger partial charge is 0.137 e. The van der Waals surface area contributed by atoms with Crippen LogP contribution in [0.3, 0.4) is 0 Å². The molecule has 2 aliphatic heterocycles. The number of hydrogen-bond donors (Lipinski definition) is 0. The SMILES string of the molecule is N#CC1=CC=C(c2ccc3c(c2)C=NC3=CC2CCC(=CC3=CCC=C(F)C=N3)CC2)C(F)C1. The molecule has 5 rings (SSSR count). The van der Waals surface area contributed by atoms with Crippen LogP contribution in [0.15, 0.2) is 87.3 Å². The van der Waals surface area contributed by atoms with Crippen LogP contribution in [0.4, 0.5) is 8.78 Å². The third kappa shape index (κ3) is 4.82. The van der Waals surface area contributed by atoms with Crippen LogP contribution in [0, 0.1) is 17.2 Å². The van der Waals surface area contributed by atoms with Crippen LogP contribution in [0.1, 0.15) is 55.2 Å². The Hall–Kier alpha value is -3.65. The van der Waals surface area contributed by atoms with Gasteiger partial charge in [0.25, 0.3) is 0 Å². The first-order chi connectivity index (χ1) is 16.6. The second kappa shape index (κ2) is 9.69. The summed E-state index contributed by atoms with van der Waals surface area (Å²) in [5, 5.41) is 9.00. The Balaban J connectivity index is 1.26. The van der Waals surface area contributed by atoms with Gasteiger partial charge in [-0.2, -0.15) is 5.26 Å². The first-order valence-corrected chi connectivity index (χ1v) is 11.7. The van der Waals surface area contributed by atoms with E-state index in [4.69, 9.17) is 5.26 Å². The van der Waals surface area contributed by atoms with E-state index in [0.717, 1.165) is 53.8 Å². The van der Waals surface area contributed by atoms with Crippen LogP contribution >= 0.6 is 0 Å². The second-order valence-electron chi connectivity index (χ2n) is 9.06. The maximum atomic E-state index is 14.6. The number of nitriles is 1. The van der Waals surface area contributed by atoms with Crippen LogP contribution in [-0.4, -0.2) is 18.6 Å². The molecule has 1 atom stereocenters. The Morgan fingerprint density at radius 1 is 1.06 bits per heavy atom. The van der Waals surface area contributed by atoms with Gasteiger partial charge in [-0.3, -0.25) is 9.98 Å². The van der Waals surface area contributed by atoms with E-state index in [1.54, 1.807) is 12.2 Å². The van der Waals surface area contributed by atoms with E-state index in [1.807, 2.05) is 36.6 Å². The number of hydrogen-bond acceptors (Lipinski definition) is 3. The second-order valence-corrected chi connectivity index (χ2v) is 9.06. The van der Waals surface area contributed by atoms with Crippen molar-refractivity contribution in [3.05, 3.63) is 94.0 Å². The minimum absolute atomic E-state index is 0.133. The van der Waals surface area contributed by atoms with Crippen LogP contribution in [-0.2, 0) is 0 Å². The molecule has 1 aromatic rings. The Labute approximate surface area is 198 Å². The molecule has 4 aliphatic rings. The fourth-order valence-corrected chi connectivity index (χ4v) is 4.83. The van der Waals surface area contributed by atoms with Crippen molar-refractivity contribution in [3.63, 3.8) is 0 Å². The fourth-order valence-electron chi connectivity index (χ4n) is 4.83. The van der Waals surface area contributed by atoms with E-state index >= 15 is 0 Å². The zero-order chi connectivity index (χ0) is 23.5. The third-order valence-corrected chi connectivity index (χ3v) is 6.74. The van der Waals surface area contributed by atoms with E-state index in [9.17, 15) is 8.78 Å². The van der Waals surface area contributed by atoms with Crippen molar-refractivity contribution in [2.45, 2.75) is 44.7 Å². The van der Waals surface area contributed by atoms with Crippen LogP contribution in [0.5, 0.6) is 0 Å². The number of aliphatic imine (C=N–C) groups is 2. The number of alkyl halides is 1. The number of allylic oxidation sites excluding steroid dienone is 10. The monoisotopic (exact) mass is 453 g/mol. The summed E-state index contributed by atoms with van der Waals surface area (Å²) >= 11 is 0. The summed E-state index contributed by atoms with van der Waals surface area (Å²) in [6.45, 7) is 0. The average Bonchev–Trinajstić information content (AvgIpc) is 3.13. The minimum atomic E-state index is -1.16. The van der Waals surface area contributed by atoms with E-state index in [0.29, 0.717) is 23.5 Å². The summed E-state index contributed by atoms with van der Waals surface area (Å²) in [4.78, 5) is 8.86. The van der Waals surface area contributed by atoms with Gasteiger partial charge < -0.3 is 0 Å². The molecule has 0 radical (unpaired) electrons. The highest BCUT2D eigenvalue weighted by atomic mass is 19.1. The molecule has 2 heterocycles. The Morgan fingerprint density at radius 3 is 2.71 bits per heavy atom. The van der Waals surface area contributed by atoms with Gasteiger partial charge in [-0.1, -0.05) is 35.9 Å². The molecular weight excluding hydrogens is 428 g/mol. The molecule has 1 saturated carbocycles. The lowest BCUT2D eigenvalue weighted by Crippen LogP contribution is -2.08. The summed E-state index contributed by atoms with van der Waals surface area (Å²) in [5.41, 5.74) is 7.19. The van der Waals surface area contributed by atoms with Crippen molar-refractivity contribution in [3.8, 4) is 6.07 Å². The van der Waals surface area contributed by atoms with Gasteiger partial charge in [0, 0.05) is 29.3 Å². The lowest BCUT2D eigenvalue weighted by molar-refractivity contribution is 0.409. The van der Waals surface area contributed by atoms with Crippen LogP contribution in [0.2, 0.25) is 0 Å². The van der Waals surface area contributed by atoms with Crippen molar-refractivity contribution in [2.24, 2.45) is 15.9 Å². The maximum absolute atomic E-state index is 14.6. The topological polar surface area (TPSA) is 48.5 Å². The highest BCUT2D eigenvalue weighted by molar-refractivity contribution is 5.98. The molecule has 2 aliphatic carbocycles. The molecule has 0 aromatic heterocycles. The fraction of sp³-hybridized carbons (Fsp3) is 0.276.